The summed E-state index contributed by atoms with van der Waals surface area (Å²) in [7, 11) is 0. The fourth-order valence-corrected chi connectivity index (χ4v) is 3.37. The molecule has 2 N–H and O–H groups in total. The average molecular weight is 435 g/mol. The van der Waals surface area contributed by atoms with Crippen LogP contribution in [-0.2, 0) is 9.59 Å². The van der Waals surface area contributed by atoms with Crippen molar-refractivity contribution in [2.45, 2.75) is 12.8 Å². The number of aromatic nitrogens is 1. The lowest BCUT2D eigenvalue weighted by molar-refractivity contribution is -0.133. The number of nitrogens with one attached hydrogen (secondary N) is 2. The molecule has 7 nitrogen and oxygen atoms in total. The highest BCUT2D eigenvalue weighted by molar-refractivity contribution is 6.31. The molecule has 0 spiro atoms. The molecule has 1 fully saturated rings. The normalized spacial score (nSPS) is 14.3. The number of benzene rings is 1. The van der Waals surface area contributed by atoms with E-state index in [0.717, 1.165) is 0 Å². The summed E-state index contributed by atoms with van der Waals surface area (Å²) in [6.45, 7) is 0.812. The van der Waals surface area contributed by atoms with E-state index in [4.69, 9.17) is 23.2 Å². The van der Waals surface area contributed by atoms with E-state index < -0.39 is 0 Å². The van der Waals surface area contributed by atoms with E-state index in [1.165, 1.54) is 6.20 Å². The first-order chi connectivity index (χ1) is 13.9. The third-order valence-corrected chi connectivity index (χ3v) is 5.14. The zero-order valence-electron chi connectivity index (χ0n) is 15.5. The summed E-state index contributed by atoms with van der Waals surface area (Å²) < 4.78 is 0. The van der Waals surface area contributed by atoms with Crippen LogP contribution in [-0.4, -0.2) is 47.2 Å². The number of hydrogen-bond donors (Lipinski definition) is 2. The number of halogens is 2. The zero-order chi connectivity index (χ0) is 20.8. The van der Waals surface area contributed by atoms with Crippen LogP contribution in [0, 0.1) is 5.92 Å². The van der Waals surface area contributed by atoms with Gasteiger partial charge in [0, 0.05) is 35.8 Å². The number of nitrogens with zero attached hydrogens (tertiary/aromatic N) is 2. The van der Waals surface area contributed by atoms with Crippen LogP contribution in [0.3, 0.4) is 0 Å². The highest BCUT2D eigenvalue weighted by atomic mass is 35.5. The van der Waals surface area contributed by atoms with Gasteiger partial charge in [-0.2, -0.15) is 0 Å². The number of hydrogen-bond acceptors (Lipinski definition) is 4. The highest BCUT2D eigenvalue weighted by Gasteiger charge is 2.27. The van der Waals surface area contributed by atoms with Crippen molar-refractivity contribution in [2.24, 2.45) is 5.92 Å². The lowest BCUT2D eigenvalue weighted by Crippen LogP contribution is -2.45. The minimum atomic E-state index is -0.356. The molecule has 3 rings (SSSR count). The second-order valence-electron chi connectivity index (χ2n) is 6.70. The summed E-state index contributed by atoms with van der Waals surface area (Å²) in [5.74, 6) is -0.412. The van der Waals surface area contributed by atoms with Gasteiger partial charge in [0.2, 0.25) is 11.8 Å². The Labute approximate surface area is 178 Å². The molecule has 0 aliphatic carbocycles. The summed E-state index contributed by atoms with van der Waals surface area (Å²) in [5.41, 5.74) is 0.400. The zero-order valence-corrected chi connectivity index (χ0v) is 17.0. The van der Waals surface area contributed by atoms with E-state index in [9.17, 15) is 14.4 Å². The number of carbonyl (C=O) groups is 3. The molecule has 0 unspecified atom stereocenters. The van der Waals surface area contributed by atoms with Crippen LogP contribution in [0.2, 0.25) is 10.0 Å². The van der Waals surface area contributed by atoms with Gasteiger partial charge in [-0.15, -0.1) is 0 Å². The SMILES string of the molecule is O=C(NCC(=O)N1CCC(C(=O)Nc2ccc(Cl)cn2)CC1)c1cccc(Cl)c1. The molecule has 29 heavy (non-hydrogen) atoms. The van der Waals surface area contributed by atoms with Crippen molar-refractivity contribution in [1.29, 1.82) is 0 Å². The van der Waals surface area contributed by atoms with Gasteiger partial charge in [-0.3, -0.25) is 14.4 Å². The minimum absolute atomic E-state index is 0.100. The molecule has 2 heterocycles. The third-order valence-electron chi connectivity index (χ3n) is 4.68. The van der Waals surface area contributed by atoms with E-state index in [2.05, 4.69) is 15.6 Å². The average Bonchev–Trinajstić information content (AvgIpc) is 2.73. The summed E-state index contributed by atoms with van der Waals surface area (Å²) in [5, 5.41) is 6.33. The Balaban J connectivity index is 1.43. The topological polar surface area (TPSA) is 91.4 Å². The molecule has 1 aromatic heterocycles. The van der Waals surface area contributed by atoms with Crippen molar-refractivity contribution in [3.63, 3.8) is 0 Å². The van der Waals surface area contributed by atoms with Crippen LogP contribution in [0.15, 0.2) is 42.6 Å². The second-order valence-corrected chi connectivity index (χ2v) is 7.57. The Morgan fingerprint density at radius 1 is 1.07 bits per heavy atom. The summed E-state index contributed by atoms with van der Waals surface area (Å²) >= 11 is 11.7. The van der Waals surface area contributed by atoms with E-state index in [0.29, 0.717) is 47.4 Å². The number of anilines is 1. The van der Waals surface area contributed by atoms with Crippen LogP contribution >= 0.6 is 23.2 Å². The Morgan fingerprint density at radius 2 is 1.83 bits per heavy atom. The van der Waals surface area contributed by atoms with Crippen molar-refractivity contribution in [2.75, 3.05) is 25.0 Å². The molecule has 152 valence electrons. The van der Waals surface area contributed by atoms with Crippen molar-refractivity contribution in [1.82, 2.24) is 15.2 Å². The fourth-order valence-electron chi connectivity index (χ4n) is 3.07. The van der Waals surface area contributed by atoms with Crippen LogP contribution < -0.4 is 10.6 Å². The predicted octanol–water partition coefficient (Wildman–Crippen LogP) is 3.00. The van der Waals surface area contributed by atoms with Crippen LogP contribution in [0.1, 0.15) is 23.2 Å². The van der Waals surface area contributed by atoms with Crippen molar-refractivity contribution < 1.29 is 14.4 Å². The van der Waals surface area contributed by atoms with Gasteiger partial charge in [0.25, 0.3) is 5.91 Å². The van der Waals surface area contributed by atoms with Gasteiger partial charge in [-0.1, -0.05) is 29.3 Å². The summed E-state index contributed by atoms with van der Waals surface area (Å²) in [6, 6.07) is 9.82. The molecule has 3 amide bonds. The maximum atomic E-state index is 12.4. The number of likely N-dealkylation sites (tertiary alicyclic amines) is 1. The monoisotopic (exact) mass is 434 g/mol. The molecular formula is C20H20Cl2N4O3. The van der Waals surface area contributed by atoms with Crippen LogP contribution in [0.5, 0.6) is 0 Å². The van der Waals surface area contributed by atoms with E-state index >= 15 is 0 Å². The molecule has 1 saturated heterocycles. The van der Waals surface area contributed by atoms with Gasteiger partial charge in [0.1, 0.15) is 5.82 Å². The van der Waals surface area contributed by atoms with E-state index in [-0.39, 0.29) is 30.2 Å². The molecule has 0 bridgehead atoms. The number of amides is 3. The number of piperidine rings is 1. The maximum absolute atomic E-state index is 12.4. The van der Waals surface area contributed by atoms with Gasteiger partial charge >= 0.3 is 0 Å². The van der Waals surface area contributed by atoms with Crippen molar-refractivity contribution in [3.05, 3.63) is 58.2 Å². The molecule has 0 atom stereocenters. The van der Waals surface area contributed by atoms with Gasteiger partial charge in [-0.25, -0.2) is 4.98 Å². The van der Waals surface area contributed by atoms with Crippen LogP contribution in [0.4, 0.5) is 5.82 Å². The Kier molecular flexibility index (Phi) is 7.06. The quantitative estimate of drug-likeness (QED) is 0.756. The molecular weight excluding hydrogens is 415 g/mol. The van der Waals surface area contributed by atoms with Crippen molar-refractivity contribution >= 4 is 46.7 Å². The summed E-state index contributed by atoms with van der Waals surface area (Å²) in [6.07, 6.45) is 2.57. The van der Waals surface area contributed by atoms with E-state index in [1.807, 2.05) is 0 Å². The van der Waals surface area contributed by atoms with Gasteiger partial charge in [-0.05, 0) is 43.2 Å². The molecule has 1 aliphatic heterocycles. The molecule has 0 saturated carbocycles. The Morgan fingerprint density at radius 3 is 2.48 bits per heavy atom. The van der Waals surface area contributed by atoms with Gasteiger partial charge in [0.05, 0.1) is 11.6 Å². The number of rotatable bonds is 5. The first-order valence-corrected chi connectivity index (χ1v) is 9.92. The molecule has 2 aromatic rings. The first-order valence-electron chi connectivity index (χ1n) is 9.16. The Bertz CT molecular complexity index is 897. The molecule has 1 aliphatic rings. The standard InChI is InChI=1S/C20H20Cl2N4O3/c21-15-3-1-2-14(10-15)19(28)24-12-18(27)26-8-6-13(7-9-26)20(29)25-17-5-4-16(22)11-23-17/h1-5,10-11,13H,6-9,12H2,(H,24,28)(H,23,25,29). The molecule has 1 aromatic carbocycles. The number of carbonyl (C=O) groups excluding carboxylic acids is 3. The second kappa shape index (κ2) is 9.71. The first kappa shape index (κ1) is 21.1. The van der Waals surface area contributed by atoms with Gasteiger partial charge in [0.15, 0.2) is 0 Å². The Hall–Kier alpha value is -2.64. The highest BCUT2D eigenvalue weighted by Crippen LogP contribution is 2.19. The van der Waals surface area contributed by atoms with Crippen molar-refractivity contribution in [3.8, 4) is 0 Å². The van der Waals surface area contributed by atoms with Crippen LogP contribution in [0.25, 0.3) is 0 Å². The molecule has 9 heteroatoms. The lowest BCUT2D eigenvalue weighted by Gasteiger charge is -2.31. The lowest BCUT2D eigenvalue weighted by atomic mass is 9.96. The smallest absolute Gasteiger partial charge is 0.251 e. The molecule has 0 radical (unpaired) electrons. The van der Waals surface area contributed by atoms with Gasteiger partial charge < -0.3 is 15.5 Å². The van der Waals surface area contributed by atoms with E-state index in [1.54, 1.807) is 41.3 Å². The number of pyridine rings is 1. The summed E-state index contributed by atoms with van der Waals surface area (Å²) in [4.78, 5) is 42.6. The predicted molar refractivity (Wildman–Crippen MR) is 111 cm³/mol. The minimum Gasteiger partial charge on any atom is -0.343 e. The largest absolute Gasteiger partial charge is 0.343 e. The maximum Gasteiger partial charge on any atom is 0.251 e. The fraction of sp³-hybridized carbons (Fsp3) is 0.300. The third kappa shape index (κ3) is 5.92.